The first-order valence-electron chi connectivity index (χ1n) is 3.28. The molecule has 0 aliphatic rings. The van der Waals surface area contributed by atoms with E-state index in [9.17, 15) is 4.39 Å². The Kier molecular flexibility index (Phi) is 2.05. The molecule has 53 valence electrons. The van der Waals surface area contributed by atoms with Crippen molar-refractivity contribution in [3.63, 3.8) is 0 Å². The highest BCUT2D eigenvalue weighted by Crippen LogP contribution is 2.08. The van der Waals surface area contributed by atoms with E-state index in [-0.39, 0.29) is 5.82 Å². The fraction of sp³-hybridized carbons (Fsp3) is 0.222. The van der Waals surface area contributed by atoms with Crippen molar-refractivity contribution in [2.45, 2.75) is 13.3 Å². The fourth-order valence-electron chi connectivity index (χ4n) is 0.792. The Morgan fingerprint density at radius 2 is 2.20 bits per heavy atom. The van der Waals surface area contributed by atoms with Crippen LogP contribution in [-0.4, -0.2) is 0 Å². The molecule has 0 amide bonds. The quantitative estimate of drug-likeness (QED) is 0.558. The monoisotopic (exact) mass is 137 g/mol. The Balaban J connectivity index is 3.04. The molecule has 0 spiro atoms. The molecular weight excluding hydrogens is 127 g/mol. The summed E-state index contributed by atoms with van der Waals surface area (Å²) in [6.07, 6.45) is 0.650. The first-order valence-corrected chi connectivity index (χ1v) is 3.28. The zero-order chi connectivity index (χ0) is 7.56. The Morgan fingerprint density at radius 1 is 1.50 bits per heavy atom. The minimum absolute atomic E-state index is 0.138. The van der Waals surface area contributed by atoms with E-state index in [2.05, 4.69) is 6.92 Å². The van der Waals surface area contributed by atoms with E-state index in [1.807, 2.05) is 6.07 Å². The predicted octanol–water partition coefficient (Wildman–Crippen LogP) is 2.51. The lowest BCUT2D eigenvalue weighted by Crippen LogP contribution is -1.85. The number of rotatable bonds is 1. The summed E-state index contributed by atoms with van der Waals surface area (Å²) >= 11 is 0. The first kappa shape index (κ1) is 7.26. The van der Waals surface area contributed by atoms with Gasteiger partial charge in [0.25, 0.3) is 0 Å². The lowest BCUT2D eigenvalue weighted by Gasteiger charge is -1.98. The molecule has 1 heteroatoms. The lowest BCUT2D eigenvalue weighted by atomic mass is 10.1. The van der Waals surface area contributed by atoms with Crippen molar-refractivity contribution in [2.24, 2.45) is 0 Å². The summed E-state index contributed by atoms with van der Waals surface area (Å²) in [5.74, 6) is -0.138. The molecule has 1 aromatic rings. The molecule has 0 saturated carbocycles. The third-order valence-corrected chi connectivity index (χ3v) is 1.52. The summed E-state index contributed by atoms with van der Waals surface area (Å²) in [7, 11) is 0. The summed E-state index contributed by atoms with van der Waals surface area (Å²) < 4.78 is 12.7. The van der Waals surface area contributed by atoms with E-state index < -0.39 is 0 Å². The molecule has 0 bridgehead atoms. The standard InChI is InChI=1S/C9H10F/c1-3-8-5-4-7(2)9(10)6-8/h4-6H,1,3H2,2H3. The number of aryl methyl sites for hydroxylation is 1. The number of benzene rings is 1. The van der Waals surface area contributed by atoms with Gasteiger partial charge in [-0.05, 0) is 37.5 Å². The van der Waals surface area contributed by atoms with Gasteiger partial charge in [0.1, 0.15) is 5.82 Å². The molecule has 1 rings (SSSR count). The summed E-state index contributed by atoms with van der Waals surface area (Å²) in [6.45, 7) is 5.41. The maximum absolute atomic E-state index is 12.7. The second-order valence-electron chi connectivity index (χ2n) is 2.33. The van der Waals surface area contributed by atoms with Gasteiger partial charge in [0.15, 0.2) is 0 Å². The minimum Gasteiger partial charge on any atom is -0.207 e. The molecule has 1 radical (unpaired) electrons. The van der Waals surface area contributed by atoms with Gasteiger partial charge in [-0.25, -0.2) is 4.39 Å². The second-order valence-corrected chi connectivity index (χ2v) is 2.33. The van der Waals surface area contributed by atoms with Crippen LogP contribution in [0.2, 0.25) is 0 Å². The van der Waals surface area contributed by atoms with Gasteiger partial charge >= 0.3 is 0 Å². The highest BCUT2D eigenvalue weighted by Gasteiger charge is 1.95. The molecule has 0 aromatic heterocycles. The molecular formula is C9H10F. The maximum atomic E-state index is 12.7. The number of halogens is 1. The Labute approximate surface area is 60.7 Å². The average molecular weight is 137 g/mol. The Morgan fingerprint density at radius 3 is 2.70 bits per heavy atom. The van der Waals surface area contributed by atoms with Crippen molar-refractivity contribution in [1.29, 1.82) is 0 Å². The Hall–Kier alpha value is -0.850. The van der Waals surface area contributed by atoms with Crippen molar-refractivity contribution < 1.29 is 4.39 Å². The lowest BCUT2D eigenvalue weighted by molar-refractivity contribution is 0.617. The first-order chi connectivity index (χ1) is 4.74. The topological polar surface area (TPSA) is 0 Å². The van der Waals surface area contributed by atoms with Crippen LogP contribution in [0.3, 0.4) is 0 Å². The van der Waals surface area contributed by atoms with E-state index >= 15 is 0 Å². The van der Waals surface area contributed by atoms with Crippen LogP contribution in [-0.2, 0) is 6.42 Å². The zero-order valence-electron chi connectivity index (χ0n) is 6.02. The highest BCUT2D eigenvalue weighted by molar-refractivity contribution is 5.23. The van der Waals surface area contributed by atoms with Crippen molar-refractivity contribution >= 4 is 0 Å². The number of hydrogen-bond acceptors (Lipinski definition) is 0. The molecule has 1 aromatic carbocycles. The fourth-order valence-corrected chi connectivity index (χ4v) is 0.792. The van der Waals surface area contributed by atoms with Crippen LogP contribution in [0.25, 0.3) is 0 Å². The van der Waals surface area contributed by atoms with Crippen molar-refractivity contribution in [3.8, 4) is 0 Å². The van der Waals surface area contributed by atoms with Crippen LogP contribution in [0.15, 0.2) is 18.2 Å². The van der Waals surface area contributed by atoms with Crippen molar-refractivity contribution in [2.75, 3.05) is 0 Å². The third-order valence-electron chi connectivity index (χ3n) is 1.52. The van der Waals surface area contributed by atoms with E-state index in [0.717, 1.165) is 5.56 Å². The summed E-state index contributed by atoms with van der Waals surface area (Å²) in [5.41, 5.74) is 1.64. The van der Waals surface area contributed by atoms with Crippen LogP contribution in [0, 0.1) is 19.7 Å². The molecule has 0 unspecified atom stereocenters. The summed E-state index contributed by atoms with van der Waals surface area (Å²) in [6, 6.07) is 5.20. The maximum Gasteiger partial charge on any atom is 0.126 e. The van der Waals surface area contributed by atoms with Crippen molar-refractivity contribution in [3.05, 3.63) is 42.1 Å². The van der Waals surface area contributed by atoms with E-state index in [1.165, 1.54) is 6.07 Å². The second kappa shape index (κ2) is 2.82. The van der Waals surface area contributed by atoms with E-state index in [0.29, 0.717) is 12.0 Å². The zero-order valence-corrected chi connectivity index (χ0v) is 6.02. The molecule has 0 saturated heterocycles. The summed E-state index contributed by atoms with van der Waals surface area (Å²) in [5, 5.41) is 0. The molecule has 0 nitrogen and oxygen atoms in total. The van der Waals surface area contributed by atoms with Gasteiger partial charge in [-0.15, -0.1) is 0 Å². The smallest absolute Gasteiger partial charge is 0.126 e. The van der Waals surface area contributed by atoms with Gasteiger partial charge < -0.3 is 0 Å². The molecule has 0 fully saturated rings. The molecule has 0 aliphatic carbocycles. The van der Waals surface area contributed by atoms with Crippen LogP contribution < -0.4 is 0 Å². The molecule has 0 atom stereocenters. The molecule has 0 aliphatic heterocycles. The van der Waals surface area contributed by atoms with Gasteiger partial charge in [0, 0.05) is 0 Å². The van der Waals surface area contributed by atoms with E-state index in [4.69, 9.17) is 0 Å². The van der Waals surface area contributed by atoms with Gasteiger partial charge in [0.2, 0.25) is 0 Å². The SMILES string of the molecule is [CH2]Cc1ccc(C)c(F)c1. The van der Waals surface area contributed by atoms with Crippen molar-refractivity contribution in [1.82, 2.24) is 0 Å². The van der Waals surface area contributed by atoms with Crippen LogP contribution in [0.4, 0.5) is 4.39 Å². The van der Waals surface area contributed by atoms with Crippen LogP contribution in [0.1, 0.15) is 11.1 Å². The normalized spacial score (nSPS) is 9.90. The minimum atomic E-state index is -0.138. The predicted molar refractivity (Wildman–Crippen MR) is 40.2 cm³/mol. The Bertz CT molecular complexity index is 228. The molecule has 0 N–H and O–H groups in total. The van der Waals surface area contributed by atoms with Gasteiger partial charge in [-0.2, -0.15) is 0 Å². The van der Waals surface area contributed by atoms with Gasteiger partial charge in [0.05, 0.1) is 0 Å². The van der Waals surface area contributed by atoms with Crippen LogP contribution in [0.5, 0.6) is 0 Å². The van der Waals surface area contributed by atoms with E-state index in [1.54, 1.807) is 13.0 Å². The number of hydrogen-bond donors (Lipinski definition) is 0. The highest BCUT2D eigenvalue weighted by atomic mass is 19.1. The largest absolute Gasteiger partial charge is 0.207 e. The average Bonchev–Trinajstić information content (AvgIpc) is 1.95. The summed E-state index contributed by atoms with van der Waals surface area (Å²) in [4.78, 5) is 0. The van der Waals surface area contributed by atoms with Crippen LogP contribution >= 0.6 is 0 Å². The third kappa shape index (κ3) is 1.35. The van der Waals surface area contributed by atoms with Gasteiger partial charge in [-0.3, -0.25) is 0 Å². The van der Waals surface area contributed by atoms with Gasteiger partial charge in [-0.1, -0.05) is 12.1 Å². The molecule has 0 heterocycles. The molecule has 10 heavy (non-hydrogen) atoms.